The largest absolute Gasteiger partial charge is 0.324 e. The number of nitrogens with zero attached hydrogens (tertiary/aromatic N) is 2. The Morgan fingerprint density at radius 1 is 1.09 bits per heavy atom. The number of rotatable bonds is 4. The molecule has 0 fully saturated rings. The van der Waals surface area contributed by atoms with E-state index in [4.69, 9.17) is 4.98 Å². The van der Waals surface area contributed by atoms with Gasteiger partial charge in [0.15, 0.2) is 0 Å². The molecule has 4 aromatic rings. The van der Waals surface area contributed by atoms with Crippen molar-refractivity contribution in [1.82, 2.24) is 9.55 Å². The Balaban J connectivity index is 1.64. The number of carbonyl (C=O) groups excluding carboxylic acids is 1. The van der Waals surface area contributed by atoms with Crippen LogP contribution < -0.4 is 10.9 Å². The van der Waals surface area contributed by atoms with Gasteiger partial charge in [0, 0.05) is 16.1 Å². The molecule has 2 heterocycles. The van der Waals surface area contributed by atoms with E-state index in [2.05, 4.69) is 5.32 Å². The Morgan fingerprint density at radius 3 is 2.72 bits per heavy atom. The maximum atomic E-state index is 13.7. The molecule has 5 rings (SSSR count). The summed E-state index contributed by atoms with van der Waals surface area (Å²) in [6.07, 6.45) is 4.15. The van der Waals surface area contributed by atoms with Crippen LogP contribution in [0.3, 0.4) is 0 Å². The van der Waals surface area contributed by atoms with E-state index in [0.717, 1.165) is 58.5 Å². The molecule has 0 radical (unpaired) electrons. The normalized spacial score (nSPS) is 13.2. The van der Waals surface area contributed by atoms with E-state index in [-0.39, 0.29) is 18.0 Å². The highest BCUT2D eigenvalue weighted by atomic mass is 32.1. The summed E-state index contributed by atoms with van der Waals surface area (Å²) in [5, 5.41) is 3.66. The van der Waals surface area contributed by atoms with Gasteiger partial charge in [-0.05, 0) is 62.8 Å². The Labute approximate surface area is 190 Å². The number of para-hydroxylation sites is 1. The van der Waals surface area contributed by atoms with Gasteiger partial charge < -0.3 is 5.32 Å². The fourth-order valence-electron chi connectivity index (χ4n) is 4.44. The third kappa shape index (κ3) is 3.75. The van der Waals surface area contributed by atoms with Gasteiger partial charge in [-0.25, -0.2) is 4.98 Å². The summed E-state index contributed by atoms with van der Waals surface area (Å²) in [6.45, 7) is 3.88. The van der Waals surface area contributed by atoms with Crippen molar-refractivity contribution in [3.63, 3.8) is 0 Å². The van der Waals surface area contributed by atoms with Crippen LogP contribution in [0, 0.1) is 13.8 Å². The summed E-state index contributed by atoms with van der Waals surface area (Å²) in [5.41, 5.74) is 4.68. The minimum atomic E-state index is -0.236. The number of benzene rings is 2. The van der Waals surface area contributed by atoms with Crippen LogP contribution in [0.4, 0.5) is 5.69 Å². The molecule has 0 atom stereocenters. The highest BCUT2D eigenvalue weighted by Crippen LogP contribution is 2.35. The quantitative estimate of drug-likeness (QED) is 0.468. The zero-order valence-corrected chi connectivity index (χ0v) is 19.1. The van der Waals surface area contributed by atoms with Crippen molar-refractivity contribution in [3.8, 4) is 11.4 Å². The number of aromatic nitrogens is 2. The number of thiophene rings is 1. The second kappa shape index (κ2) is 8.36. The van der Waals surface area contributed by atoms with Gasteiger partial charge >= 0.3 is 0 Å². The third-order valence-electron chi connectivity index (χ3n) is 6.07. The van der Waals surface area contributed by atoms with Crippen molar-refractivity contribution in [2.24, 2.45) is 0 Å². The molecule has 2 aromatic heterocycles. The van der Waals surface area contributed by atoms with Crippen LogP contribution in [0.25, 0.3) is 21.6 Å². The van der Waals surface area contributed by atoms with Gasteiger partial charge in [0.25, 0.3) is 5.56 Å². The van der Waals surface area contributed by atoms with Crippen LogP contribution in [0.2, 0.25) is 0 Å². The summed E-state index contributed by atoms with van der Waals surface area (Å²) < 4.78 is 1.55. The van der Waals surface area contributed by atoms with E-state index >= 15 is 0 Å². The first-order chi connectivity index (χ1) is 15.5. The topological polar surface area (TPSA) is 64.0 Å². The van der Waals surface area contributed by atoms with E-state index in [1.165, 1.54) is 4.88 Å². The maximum absolute atomic E-state index is 13.7. The van der Waals surface area contributed by atoms with Crippen LogP contribution >= 0.6 is 11.3 Å². The number of amides is 1. The van der Waals surface area contributed by atoms with Gasteiger partial charge in [-0.15, -0.1) is 11.3 Å². The van der Waals surface area contributed by atoms with Gasteiger partial charge in [0.1, 0.15) is 17.2 Å². The first kappa shape index (κ1) is 20.6. The molecule has 0 saturated carbocycles. The van der Waals surface area contributed by atoms with Crippen molar-refractivity contribution in [3.05, 3.63) is 80.5 Å². The Morgan fingerprint density at radius 2 is 1.91 bits per heavy atom. The second-order valence-electron chi connectivity index (χ2n) is 8.45. The number of anilines is 1. The molecule has 0 bridgehead atoms. The van der Waals surface area contributed by atoms with Crippen molar-refractivity contribution < 1.29 is 4.79 Å². The predicted octanol–water partition coefficient (Wildman–Crippen LogP) is 5.26. The number of aryl methyl sites for hydroxylation is 4. The van der Waals surface area contributed by atoms with E-state index in [1.807, 2.05) is 62.4 Å². The fourth-order valence-corrected chi connectivity index (χ4v) is 5.69. The minimum absolute atomic E-state index is 0.0794. The van der Waals surface area contributed by atoms with Gasteiger partial charge in [0.05, 0.1) is 5.39 Å². The van der Waals surface area contributed by atoms with Gasteiger partial charge in [0.2, 0.25) is 5.91 Å². The Bertz CT molecular complexity index is 1400. The molecular weight excluding hydrogens is 418 g/mol. The van der Waals surface area contributed by atoms with E-state index in [9.17, 15) is 9.59 Å². The highest BCUT2D eigenvalue weighted by molar-refractivity contribution is 7.18. The standard InChI is InChI=1S/C26H25N3O2S/c1-16-8-7-10-18(14-16)24-28-25-23(19-11-4-6-13-21(19)32-25)26(31)29(24)15-22(30)27-20-12-5-3-9-17(20)2/h3,5,7-10,12,14H,4,6,11,13,15H2,1-2H3,(H,27,30). The summed E-state index contributed by atoms with van der Waals surface area (Å²) in [6, 6.07) is 15.6. The SMILES string of the molecule is Cc1cccc(-c2nc3sc4c(c3c(=O)n2CC(=O)Nc2ccccc2C)CCCC4)c1. The molecule has 0 unspecified atom stereocenters. The average molecular weight is 444 g/mol. The van der Waals surface area contributed by atoms with Crippen LogP contribution in [0.1, 0.15) is 34.4 Å². The fraction of sp³-hybridized carbons (Fsp3) is 0.269. The van der Waals surface area contributed by atoms with Gasteiger partial charge in [-0.2, -0.15) is 0 Å². The summed E-state index contributed by atoms with van der Waals surface area (Å²) in [7, 11) is 0. The van der Waals surface area contributed by atoms with Crippen molar-refractivity contribution >= 4 is 33.1 Å². The number of nitrogens with one attached hydrogen (secondary N) is 1. The van der Waals surface area contributed by atoms with Crippen molar-refractivity contribution in [2.75, 3.05) is 5.32 Å². The molecule has 2 aromatic carbocycles. The summed E-state index contributed by atoms with van der Waals surface area (Å²) in [5.74, 6) is 0.310. The Kier molecular flexibility index (Phi) is 5.39. The molecule has 1 aliphatic rings. The molecule has 6 heteroatoms. The molecule has 162 valence electrons. The molecule has 1 N–H and O–H groups in total. The smallest absolute Gasteiger partial charge is 0.263 e. The molecule has 0 spiro atoms. The lowest BCUT2D eigenvalue weighted by Crippen LogP contribution is -2.30. The van der Waals surface area contributed by atoms with Gasteiger partial charge in [-0.1, -0.05) is 42.0 Å². The first-order valence-corrected chi connectivity index (χ1v) is 11.8. The highest BCUT2D eigenvalue weighted by Gasteiger charge is 2.23. The number of hydrogen-bond acceptors (Lipinski definition) is 4. The zero-order chi connectivity index (χ0) is 22.2. The first-order valence-electron chi connectivity index (χ1n) is 11.0. The number of fused-ring (bicyclic) bond motifs is 3. The molecule has 0 aliphatic heterocycles. The lowest BCUT2D eigenvalue weighted by atomic mass is 9.97. The minimum Gasteiger partial charge on any atom is -0.324 e. The van der Waals surface area contributed by atoms with Crippen molar-refractivity contribution in [1.29, 1.82) is 0 Å². The maximum Gasteiger partial charge on any atom is 0.263 e. The monoisotopic (exact) mass is 443 g/mol. The van der Waals surface area contributed by atoms with Crippen molar-refractivity contribution in [2.45, 2.75) is 46.1 Å². The summed E-state index contributed by atoms with van der Waals surface area (Å²) >= 11 is 1.63. The zero-order valence-electron chi connectivity index (χ0n) is 18.3. The van der Waals surface area contributed by atoms with Crippen LogP contribution in [0.5, 0.6) is 0 Å². The lowest BCUT2D eigenvalue weighted by Gasteiger charge is -2.15. The van der Waals surface area contributed by atoms with Crippen LogP contribution in [-0.2, 0) is 24.2 Å². The molecule has 32 heavy (non-hydrogen) atoms. The average Bonchev–Trinajstić information content (AvgIpc) is 3.16. The Hall–Kier alpha value is -3.25. The van der Waals surface area contributed by atoms with Crippen LogP contribution in [0.15, 0.2) is 53.3 Å². The molecule has 1 amide bonds. The van der Waals surface area contributed by atoms with E-state index in [0.29, 0.717) is 11.2 Å². The van der Waals surface area contributed by atoms with E-state index < -0.39 is 0 Å². The third-order valence-corrected chi connectivity index (χ3v) is 7.26. The summed E-state index contributed by atoms with van der Waals surface area (Å²) in [4.78, 5) is 33.7. The van der Waals surface area contributed by atoms with E-state index in [1.54, 1.807) is 15.9 Å². The second-order valence-corrected chi connectivity index (χ2v) is 9.53. The molecule has 1 aliphatic carbocycles. The number of carbonyl (C=O) groups is 1. The predicted molar refractivity (Wildman–Crippen MR) is 131 cm³/mol. The molecule has 0 saturated heterocycles. The lowest BCUT2D eigenvalue weighted by molar-refractivity contribution is -0.116. The molecule has 5 nitrogen and oxygen atoms in total. The van der Waals surface area contributed by atoms with Crippen LogP contribution in [-0.4, -0.2) is 15.5 Å². The van der Waals surface area contributed by atoms with Gasteiger partial charge in [-0.3, -0.25) is 14.2 Å². The molecular formula is C26H25N3O2S. The number of hydrogen-bond donors (Lipinski definition) is 1.